The van der Waals surface area contributed by atoms with E-state index in [-0.39, 0.29) is 11.8 Å². The Morgan fingerprint density at radius 2 is 1.89 bits per heavy atom. The molecular formula is C21H24N6O. The molecule has 0 radical (unpaired) electrons. The van der Waals surface area contributed by atoms with Crippen LogP contribution in [0.1, 0.15) is 43.5 Å². The van der Waals surface area contributed by atoms with Crippen LogP contribution in [0.25, 0.3) is 5.82 Å². The zero-order chi connectivity index (χ0) is 19.5. The summed E-state index contributed by atoms with van der Waals surface area (Å²) in [6.07, 6.45) is 4.73. The zero-order valence-electron chi connectivity index (χ0n) is 16.2. The summed E-state index contributed by atoms with van der Waals surface area (Å²) in [5.41, 5.74) is 0.892. The summed E-state index contributed by atoms with van der Waals surface area (Å²) < 4.78 is 1.81. The second-order valence-electron chi connectivity index (χ2n) is 7.58. The molecule has 4 rings (SSSR count). The maximum absolute atomic E-state index is 12.6. The van der Waals surface area contributed by atoms with Crippen molar-refractivity contribution in [2.45, 2.75) is 39.2 Å². The second-order valence-corrected chi connectivity index (χ2v) is 7.58. The van der Waals surface area contributed by atoms with Crippen LogP contribution in [0.2, 0.25) is 0 Å². The molecule has 0 N–H and O–H groups in total. The van der Waals surface area contributed by atoms with Gasteiger partial charge in [0.15, 0.2) is 11.6 Å². The highest BCUT2D eigenvalue weighted by molar-refractivity contribution is 5.79. The lowest BCUT2D eigenvalue weighted by atomic mass is 10.1. The number of hydrogen-bond acceptors (Lipinski definition) is 5. The third kappa shape index (κ3) is 3.93. The van der Waals surface area contributed by atoms with Crippen molar-refractivity contribution in [2.75, 3.05) is 6.54 Å². The van der Waals surface area contributed by atoms with Crippen LogP contribution in [0.15, 0.2) is 48.8 Å². The Morgan fingerprint density at radius 1 is 1.11 bits per heavy atom. The first-order chi connectivity index (χ1) is 13.6. The zero-order valence-corrected chi connectivity index (χ0v) is 16.2. The maximum atomic E-state index is 12.6. The van der Waals surface area contributed by atoms with Crippen molar-refractivity contribution in [3.05, 3.63) is 66.1 Å². The van der Waals surface area contributed by atoms with Crippen molar-refractivity contribution in [1.82, 2.24) is 29.6 Å². The quantitative estimate of drug-likeness (QED) is 0.661. The van der Waals surface area contributed by atoms with Gasteiger partial charge in [0, 0.05) is 37.7 Å². The van der Waals surface area contributed by atoms with Crippen LogP contribution in [0, 0.1) is 5.92 Å². The average molecular weight is 376 g/mol. The van der Waals surface area contributed by atoms with Crippen LogP contribution in [-0.4, -0.2) is 42.1 Å². The van der Waals surface area contributed by atoms with E-state index in [1.165, 1.54) is 0 Å². The number of hydrogen-bond donors (Lipinski definition) is 0. The van der Waals surface area contributed by atoms with Gasteiger partial charge in [-0.15, -0.1) is 5.10 Å². The monoisotopic (exact) mass is 376 g/mol. The molecule has 1 amide bonds. The van der Waals surface area contributed by atoms with Crippen LogP contribution in [-0.2, 0) is 17.8 Å². The van der Waals surface area contributed by atoms with Crippen LogP contribution in [0.4, 0.5) is 0 Å². The highest BCUT2D eigenvalue weighted by atomic mass is 16.2. The molecule has 0 aliphatic carbocycles. The van der Waals surface area contributed by atoms with Gasteiger partial charge in [-0.1, -0.05) is 26.0 Å². The number of carbonyl (C=O) groups is 1. The van der Waals surface area contributed by atoms with Gasteiger partial charge in [0.25, 0.3) is 0 Å². The molecule has 1 aliphatic heterocycles. The van der Waals surface area contributed by atoms with Crippen molar-refractivity contribution in [1.29, 1.82) is 0 Å². The molecule has 28 heavy (non-hydrogen) atoms. The lowest BCUT2D eigenvalue weighted by Crippen LogP contribution is -2.25. The molecule has 1 atom stereocenters. The molecule has 0 spiro atoms. The number of pyridine rings is 2. The van der Waals surface area contributed by atoms with Gasteiger partial charge >= 0.3 is 0 Å². The third-order valence-corrected chi connectivity index (χ3v) is 4.79. The predicted octanol–water partition coefficient (Wildman–Crippen LogP) is 2.77. The van der Waals surface area contributed by atoms with Gasteiger partial charge in [-0.3, -0.25) is 9.78 Å². The lowest BCUT2D eigenvalue weighted by Gasteiger charge is -2.16. The number of nitrogens with zero attached hydrogens (tertiary/aromatic N) is 6. The van der Waals surface area contributed by atoms with Gasteiger partial charge in [0.2, 0.25) is 5.91 Å². The number of carbonyl (C=O) groups excluding carboxylic acids is 1. The molecule has 3 aromatic rings. The highest BCUT2D eigenvalue weighted by Gasteiger charge is 2.34. The highest BCUT2D eigenvalue weighted by Crippen LogP contribution is 2.29. The molecule has 0 saturated carbocycles. The number of aromatic nitrogens is 5. The molecule has 7 nitrogen and oxygen atoms in total. The van der Waals surface area contributed by atoms with E-state index in [2.05, 4.69) is 23.8 Å². The minimum absolute atomic E-state index is 0.00775. The minimum Gasteiger partial charge on any atom is -0.336 e. The Hall–Kier alpha value is -3.09. The lowest BCUT2D eigenvalue weighted by molar-refractivity contribution is -0.128. The molecule has 4 heterocycles. The molecule has 1 aliphatic rings. The normalized spacial score (nSPS) is 16.9. The molecule has 1 fully saturated rings. The molecule has 1 saturated heterocycles. The largest absolute Gasteiger partial charge is 0.336 e. The summed E-state index contributed by atoms with van der Waals surface area (Å²) in [6, 6.07) is 11.5. The van der Waals surface area contributed by atoms with E-state index in [0.29, 0.717) is 25.4 Å². The van der Waals surface area contributed by atoms with E-state index >= 15 is 0 Å². The van der Waals surface area contributed by atoms with Gasteiger partial charge in [-0.05, 0) is 30.2 Å². The molecule has 3 aromatic heterocycles. The van der Waals surface area contributed by atoms with Gasteiger partial charge < -0.3 is 4.90 Å². The first-order valence-corrected chi connectivity index (χ1v) is 9.65. The van der Waals surface area contributed by atoms with Gasteiger partial charge in [0.1, 0.15) is 5.82 Å². The van der Waals surface area contributed by atoms with E-state index in [4.69, 9.17) is 10.1 Å². The third-order valence-electron chi connectivity index (χ3n) is 4.79. The van der Waals surface area contributed by atoms with Crippen molar-refractivity contribution in [2.24, 2.45) is 5.92 Å². The Labute approximate surface area is 164 Å². The maximum Gasteiger partial charge on any atom is 0.223 e. The average Bonchev–Trinajstić information content (AvgIpc) is 3.26. The SMILES string of the molecule is CC(C)Cc1nc([C@@H]2CC(=O)N(Cc3ccccn3)C2)n(-c2ccccn2)n1. The molecule has 0 unspecified atom stereocenters. The summed E-state index contributed by atoms with van der Waals surface area (Å²) in [5.74, 6) is 2.91. The van der Waals surface area contributed by atoms with Crippen molar-refractivity contribution < 1.29 is 4.79 Å². The van der Waals surface area contributed by atoms with E-state index in [1.54, 1.807) is 17.1 Å². The Bertz CT molecular complexity index is 938. The number of likely N-dealkylation sites (tertiary alicyclic amines) is 1. The fourth-order valence-electron chi connectivity index (χ4n) is 3.52. The number of rotatable bonds is 6. The summed E-state index contributed by atoms with van der Waals surface area (Å²) in [6.45, 7) is 5.43. The van der Waals surface area contributed by atoms with E-state index in [0.717, 1.165) is 29.6 Å². The van der Waals surface area contributed by atoms with Crippen molar-refractivity contribution in [3.8, 4) is 5.82 Å². The number of amides is 1. The van der Waals surface area contributed by atoms with Crippen LogP contribution >= 0.6 is 0 Å². The summed E-state index contributed by atoms with van der Waals surface area (Å²) >= 11 is 0. The first kappa shape index (κ1) is 18.3. The van der Waals surface area contributed by atoms with Crippen molar-refractivity contribution >= 4 is 5.91 Å². The van der Waals surface area contributed by atoms with E-state index in [9.17, 15) is 4.79 Å². The Kier molecular flexibility index (Phi) is 5.14. The van der Waals surface area contributed by atoms with Gasteiger partial charge in [0.05, 0.1) is 12.2 Å². The summed E-state index contributed by atoms with van der Waals surface area (Å²) in [7, 11) is 0. The smallest absolute Gasteiger partial charge is 0.223 e. The van der Waals surface area contributed by atoms with Crippen molar-refractivity contribution in [3.63, 3.8) is 0 Å². The molecular weight excluding hydrogens is 352 g/mol. The predicted molar refractivity (Wildman–Crippen MR) is 105 cm³/mol. The fraction of sp³-hybridized carbons (Fsp3) is 0.381. The van der Waals surface area contributed by atoms with E-state index < -0.39 is 0 Å². The van der Waals surface area contributed by atoms with Crippen LogP contribution in [0.3, 0.4) is 0 Å². The summed E-state index contributed by atoms with van der Waals surface area (Å²) in [4.78, 5) is 28.0. The van der Waals surface area contributed by atoms with Gasteiger partial charge in [-0.2, -0.15) is 4.68 Å². The Balaban J connectivity index is 1.61. The first-order valence-electron chi connectivity index (χ1n) is 9.65. The molecule has 0 aromatic carbocycles. The molecule has 144 valence electrons. The van der Waals surface area contributed by atoms with Crippen LogP contribution in [0.5, 0.6) is 0 Å². The minimum atomic E-state index is -0.00775. The summed E-state index contributed by atoms with van der Waals surface area (Å²) in [5, 5.41) is 4.70. The molecule has 0 bridgehead atoms. The fourth-order valence-corrected chi connectivity index (χ4v) is 3.52. The van der Waals surface area contributed by atoms with E-state index in [1.807, 2.05) is 41.3 Å². The Morgan fingerprint density at radius 3 is 2.57 bits per heavy atom. The standard InChI is InChI=1S/C21H24N6O/c1-15(2)11-18-24-21(27(25-18)19-8-4-6-10-23-19)16-12-20(28)26(13-16)14-17-7-3-5-9-22-17/h3-10,15-16H,11-14H2,1-2H3/t16-/m1/s1. The molecule has 7 heteroatoms. The van der Waals surface area contributed by atoms with Crippen LogP contribution < -0.4 is 0 Å². The topological polar surface area (TPSA) is 76.8 Å². The van der Waals surface area contributed by atoms with Gasteiger partial charge in [-0.25, -0.2) is 9.97 Å². The second kappa shape index (κ2) is 7.88.